The van der Waals surface area contributed by atoms with Gasteiger partial charge in [0.25, 0.3) is 5.91 Å². The lowest BCUT2D eigenvalue weighted by atomic mass is 10.3. The minimum atomic E-state index is -4.50. The number of halogens is 3. The molecule has 20 heavy (non-hydrogen) atoms. The second-order valence-electron chi connectivity index (χ2n) is 4.15. The summed E-state index contributed by atoms with van der Waals surface area (Å²) >= 11 is 0. The van der Waals surface area contributed by atoms with Gasteiger partial charge in [-0.25, -0.2) is 4.98 Å². The molecule has 0 saturated heterocycles. The van der Waals surface area contributed by atoms with E-state index in [1.807, 2.05) is 0 Å². The number of nitrogens with one attached hydrogen (secondary N) is 1. The van der Waals surface area contributed by atoms with Crippen molar-refractivity contribution in [3.63, 3.8) is 0 Å². The molecule has 0 fully saturated rings. The Morgan fingerprint density at radius 3 is 2.55 bits per heavy atom. The first-order valence-corrected chi connectivity index (χ1v) is 5.54. The lowest BCUT2D eigenvalue weighted by molar-refractivity contribution is -0.141. The van der Waals surface area contributed by atoms with E-state index in [2.05, 4.69) is 10.3 Å². The summed E-state index contributed by atoms with van der Waals surface area (Å²) in [6, 6.07) is 3.40. The van der Waals surface area contributed by atoms with Gasteiger partial charge in [-0.1, -0.05) is 0 Å². The summed E-state index contributed by atoms with van der Waals surface area (Å²) in [5.41, 5.74) is 5.41. The van der Waals surface area contributed by atoms with Crippen LogP contribution in [0.2, 0.25) is 0 Å². The van der Waals surface area contributed by atoms with Crippen molar-refractivity contribution in [3.8, 4) is 0 Å². The molecule has 0 radical (unpaired) electrons. The Morgan fingerprint density at radius 1 is 1.40 bits per heavy atom. The third-order valence-electron chi connectivity index (χ3n) is 2.57. The SMILES string of the molecule is Cn1cc(N)cc1C(=O)Nc1ccc(C(F)(F)F)nc1. The van der Waals surface area contributed by atoms with Crippen molar-refractivity contribution in [3.05, 3.63) is 42.0 Å². The number of hydrogen-bond donors (Lipinski definition) is 2. The van der Waals surface area contributed by atoms with Crippen LogP contribution in [0.5, 0.6) is 0 Å². The average molecular weight is 284 g/mol. The summed E-state index contributed by atoms with van der Waals surface area (Å²) in [6.07, 6.45) is -2.00. The Balaban J connectivity index is 2.14. The van der Waals surface area contributed by atoms with E-state index in [0.29, 0.717) is 11.4 Å². The van der Waals surface area contributed by atoms with Crippen LogP contribution >= 0.6 is 0 Å². The van der Waals surface area contributed by atoms with Crippen molar-refractivity contribution in [2.75, 3.05) is 11.1 Å². The monoisotopic (exact) mass is 284 g/mol. The molecule has 0 aliphatic carbocycles. The molecule has 0 saturated carbocycles. The number of hydrogen-bond acceptors (Lipinski definition) is 3. The van der Waals surface area contributed by atoms with Crippen LogP contribution in [0.15, 0.2) is 30.6 Å². The summed E-state index contributed by atoms with van der Waals surface area (Å²) < 4.78 is 38.5. The number of alkyl halides is 3. The number of pyridine rings is 1. The largest absolute Gasteiger partial charge is 0.433 e. The van der Waals surface area contributed by atoms with Crippen LogP contribution in [0, 0.1) is 0 Å². The smallest absolute Gasteiger partial charge is 0.397 e. The number of rotatable bonds is 2. The number of aromatic nitrogens is 2. The zero-order chi connectivity index (χ0) is 14.9. The Bertz CT molecular complexity index is 631. The van der Waals surface area contributed by atoms with Crippen LogP contribution in [0.25, 0.3) is 0 Å². The van der Waals surface area contributed by atoms with Gasteiger partial charge in [0.1, 0.15) is 11.4 Å². The molecule has 0 bridgehead atoms. The van der Waals surface area contributed by atoms with E-state index in [4.69, 9.17) is 5.73 Å². The molecule has 8 heteroatoms. The normalized spacial score (nSPS) is 11.4. The zero-order valence-corrected chi connectivity index (χ0v) is 10.4. The van der Waals surface area contributed by atoms with E-state index < -0.39 is 17.8 Å². The summed E-state index contributed by atoms with van der Waals surface area (Å²) in [7, 11) is 1.64. The molecule has 0 aliphatic rings. The molecule has 106 valence electrons. The molecule has 0 spiro atoms. The maximum atomic E-state index is 12.3. The average Bonchev–Trinajstić information content (AvgIpc) is 2.68. The van der Waals surface area contributed by atoms with Gasteiger partial charge in [0, 0.05) is 13.2 Å². The molecule has 0 unspecified atom stereocenters. The van der Waals surface area contributed by atoms with Gasteiger partial charge in [0.2, 0.25) is 0 Å². The molecule has 2 aromatic rings. The number of amides is 1. The summed E-state index contributed by atoms with van der Waals surface area (Å²) in [4.78, 5) is 15.1. The van der Waals surface area contributed by atoms with Crippen LogP contribution in [0.3, 0.4) is 0 Å². The Morgan fingerprint density at radius 2 is 2.10 bits per heavy atom. The van der Waals surface area contributed by atoms with Crippen molar-refractivity contribution in [2.45, 2.75) is 6.18 Å². The Kier molecular flexibility index (Phi) is 3.39. The first kappa shape index (κ1) is 13.9. The predicted molar refractivity (Wildman–Crippen MR) is 67.0 cm³/mol. The third-order valence-corrected chi connectivity index (χ3v) is 2.57. The fraction of sp³-hybridized carbons (Fsp3) is 0.167. The van der Waals surface area contributed by atoms with Gasteiger partial charge in [-0.05, 0) is 18.2 Å². The van der Waals surface area contributed by atoms with Crippen LogP contribution in [0.4, 0.5) is 24.5 Å². The third kappa shape index (κ3) is 2.90. The molecule has 5 nitrogen and oxygen atoms in total. The van der Waals surface area contributed by atoms with E-state index in [-0.39, 0.29) is 5.69 Å². The maximum Gasteiger partial charge on any atom is 0.433 e. The minimum absolute atomic E-state index is 0.169. The number of nitrogen functional groups attached to an aromatic ring is 1. The number of nitrogens with two attached hydrogens (primary N) is 1. The van der Waals surface area contributed by atoms with Crippen molar-refractivity contribution in [1.29, 1.82) is 0 Å². The van der Waals surface area contributed by atoms with Gasteiger partial charge in [-0.3, -0.25) is 4.79 Å². The van der Waals surface area contributed by atoms with Crippen molar-refractivity contribution in [1.82, 2.24) is 9.55 Å². The van der Waals surface area contributed by atoms with Gasteiger partial charge in [0.05, 0.1) is 17.6 Å². The first-order valence-electron chi connectivity index (χ1n) is 5.54. The summed E-state index contributed by atoms with van der Waals surface area (Å²) in [5, 5.41) is 2.45. The number of carbonyl (C=O) groups excluding carboxylic acids is 1. The topological polar surface area (TPSA) is 72.9 Å². The molecule has 2 rings (SSSR count). The molecule has 2 aromatic heterocycles. The van der Waals surface area contributed by atoms with E-state index in [1.165, 1.54) is 10.6 Å². The van der Waals surface area contributed by atoms with E-state index >= 15 is 0 Å². The highest BCUT2D eigenvalue weighted by atomic mass is 19.4. The molecule has 0 aliphatic heterocycles. The number of carbonyl (C=O) groups is 1. The maximum absolute atomic E-state index is 12.3. The number of nitrogens with zero attached hydrogens (tertiary/aromatic N) is 2. The van der Waals surface area contributed by atoms with Crippen molar-refractivity contribution < 1.29 is 18.0 Å². The standard InChI is InChI=1S/C12H11F3N4O/c1-19-6-7(16)4-9(19)11(20)18-8-2-3-10(17-5-8)12(13,14)15/h2-6H,16H2,1H3,(H,18,20). The minimum Gasteiger partial charge on any atom is -0.397 e. The van der Waals surface area contributed by atoms with E-state index in [9.17, 15) is 18.0 Å². The number of aryl methyl sites for hydroxylation is 1. The second-order valence-corrected chi connectivity index (χ2v) is 4.15. The lowest BCUT2D eigenvalue weighted by Gasteiger charge is -2.08. The summed E-state index contributed by atoms with van der Waals surface area (Å²) in [6.45, 7) is 0. The highest BCUT2D eigenvalue weighted by Gasteiger charge is 2.32. The van der Waals surface area contributed by atoms with Gasteiger partial charge in [-0.2, -0.15) is 13.2 Å². The molecule has 3 N–H and O–H groups in total. The van der Waals surface area contributed by atoms with E-state index in [0.717, 1.165) is 18.3 Å². The van der Waals surface area contributed by atoms with Gasteiger partial charge >= 0.3 is 6.18 Å². The highest BCUT2D eigenvalue weighted by molar-refractivity contribution is 6.03. The van der Waals surface area contributed by atoms with Gasteiger partial charge in [0.15, 0.2) is 0 Å². The van der Waals surface area contributed by atoms with Crippen molar-refractivity contribution >= 4 is 17.3 Å². The Labute approximate surface area is 112 Å². The molecular formula is C12H11F3N4O. The van der Waals surface area contributed by atoms with E-state index in [1.54, 1.807) is 13.2 Å². The Hall–Kier alpha value is -2.51. The van der Waals surface area contributed by atoms with Gasteiger partial charge < -0.3 is 15.6 Å². The fourth-order valence-corrected chi connectivity index (χ4v) is 1.65. The van der Waals surface area contributed by atoms with Crippen LogP contribution in [-0.4, -0.2) is 15.5 Å². The molecule has 0 atom stereocenters. The summed E-state index contributed by atoms with van der Waals surface area (Å²) in [5.74, 6) is -0.481. The highest BCUT2D eigenvalue weighted by Crippen LogP contribution is 2.27. The molecule has 1 amide bonds. The van der Waals surface area contributed by atoms with Crippen molar-refractivity contribution in [2.24, 2.45) is 7.05 Å². The molecule has 0 aromatic carbocycles. The lowest BCUT2D eigenvalue weighted by Crippen LogP contribution is -2.16. The quantitative estimate of drug-likeness (QED) is 0.888. The zero-order valence-electron chi connectivity index (χ0n) is 10.4. The fourth-order valence-electron chi connectivity index (χ4n) is 1.65. The van der Waals surface area contributed by atoms with Crippen LogP contribution < -0.4 is 11.1 Å². The molecule has 2 heterocycles. The first-order chi connectivity index (χ1) is 9.27. The number of anilines is 2. The second kappa shape index (κ2) is 4.87. The van der Waals surface area contributed by atoms with Crippen LogP contribution in [-0.2, 0) is 13.2 Å². The van der Waals surface area contributed by atoms with Crippen LogP contribution in [0.1, 0.15) is 16.2 Å². The van der Waals surface area contributed by atoms with Gasteiger partial charge in [-0.15, -0.1) is 0 Å². The predicted octanol–water partition coefficient (Wildman–Crippen LogP) is 2.27. The molecular weight excluding hydrogens is 273 g/mol.